The Kier molecular flexibility index (Phi) is 3.59. The van der Waals surface area contributed by atoms with Gasteiger partial charge in [0.15, 0.2) is 0 Å². The molecular weight excluding hydrogens is 350 g/mol. The largest absolute Gasteiger partial charge is 0.431 e. The van der Waals surface area contributed by atoms with E-state index in [2.05, 4.69) is 4.37 Å². The molecule has 0 atom stereocenters. The number of rotatable bonds is 1. The summed E-state index contributed by atoms with van der Waals surface area (Å²) in [5.74, 6) is -0.898. The van der Waals surface area contributed by atoms with Crippen LogP contribution in [-0.4, -0.2) is 13.5 Å². The van der Waals surface area contributed by atoms with E-state index in [4.69, 9.17) is 0 Å². The van der Waals surface area contributed by atoms with Gasteiger partial charge in [0.25, 0.3) is 5.56 Å². The number of halogens is 4. The van der Waals surface area contributed by atoms with Crippen LogP contribution >= 0.6 is 11.5 Å². The Hall–Kier alpha value is -2.49. The topological polar surface area (TPSA) is 56.9 Å². The minimum absolute atomic E-state index is 0.268. The van der Waals surface area contributed by atoms with E-state index in [1.54, 1.807) is 6.92 Å². The molecule has 0 aliphatic rings. The van der Waals surface area contributed by atoms with E-state index in [1.807, 2.05) is 0 Å². The van der Waals surface area contributed by atoms with Crippen molar-refractivity contribution in [3.05, 3.63) is 56.2 Å². The quantitative estimate of drug-likeness (QED) is 0.628. The highest BCUT2D eigenvalue weighted by atomic mass is 32.1. The Labute approximate surface area is 135 Å². The van der Waals surface area contributed by atoms with Gasteiger partial charge in [-0.2, -0.15) is 17.5 Å². The van der Waals surface area contributed by atoms with E-state index in [0.717, 1.165) is 24.6 Å². The summed E-state index contributed by atoms with van der Waals surface area (Å²) in [4.78, 5) is 24.3. The molecule has 0 fully saturated rings. The third kappa shape index (κ3) is 2.42. The van der Waals surface area contributed by atoms with Gasteiger partial charge in [-0.1, -0.05) is 0 Å². The van der Waals surface area contributed by atoms with Gasteiger partial charge in [0.05, 0.1) is 16.1 Å². The molecule has 0 saturated carbocycles. The highest BCUT2D eigenvalue weighted by Gasteiger charge is 2.35. The second kappa shape index (κ2) is 5.26. The summed E-state index contributed by atoms with van der Waals surface area (Å²) >= 11 is 1.04. The molecule has 0 N–H and O–H groups in total. The number of aromatic nitrogens is 3. The molecule has 3 aromatic rings. The minimum Gasteiger partial charge on any atom is -0.292 e. The van der Waals surface area contributed by atoms with Gasteiger partial charge >= 0.3 is 11.9 Å². The van der Waals surface area contributed by atoms with Crippen LogP contribution in [-0.2, 0) is 13.2 Å². The number of alkyl halides is 3. The van der Waals surface area contributed by atoms with E-state index in [0.29, 0.717) is 20.3 Å². The van der Waals surface area contributed by atoms with Crippen LogP contribution in [0.2, 0.25) is 0 Å². The first-order valence-corrected chi connectivity index (χ1v) is 7.35. The lowest BCUT2D eigenvalue weighted by molar-refractivity contribution is -0.144. The number of hydrogen-bond donors (Lipinski definition) is 0. The fourth-order valence-corrected chi connectivity index (χ4v) is 3.15. The second-order valence-electron chi connectivity index (χ2n) is 5.11. The van der Waals surface area contributed by atoms with Crippen LogP contribution in [0.4, 0.5) is 17.6 Å². The van der Waals surface area contributed by atoms with E-state index in [1.165, 1.54) is 6.07 Å². The summed E-state index contributed by atoms with van der Waals surface area (Å²) < 4.78 is 58.0. The van der Waals surface area contributed by atoms with Crippen LogP contribution in [0.25, 0.3) is 15.8 Å². The maximum Gasteiger partial charge on any atom is 0.431 e. The van der Waals surface area contributed by atoms with Crippen LogP contribution in [0.15, 0.2) is 27.8 Å². The third-order valence-corrected chi connectivity index (χ3v) is 4.47. The highest BCUT2D eigenvalue weighted by Crippen LogP contribution is 2.28. The molecule has 2 heterocycles. The van der Waals surface area contributed by atoms with Crippen molar-refractivity contribution in [3.63, 3.8) is 0 Å². The Bertz CT molecular complexity index is 1080. The summed E-state index contributed by atoms with van der Waals surface area (Å²) in [6, 6.07) is 2.60. The van der Waals surface area contributed by atoms with Gasteiger partial charge in [-0.25, -0.2) is 13.8 Å². The molecular formula is C14H9F4N3O2S. The van der Waals surface area contributed by atoms with Crippen molar-refractivity contribution in [3.8, 4) is 5.69 Å². The van der Waals surface area contributed by atoms with Gasteiger partial charge in [0.2, 0.25) is 0 Å². The molecule has 5 nitrogen and oxygen atoms in total. The predicted molar refractivity (Wildman–Crippen MR) is 80.2 cm³/mol. The first-order valence-electron chi connectivity index (χ1n) is 6.57. The van der Waals surface area contributed by atoms with Gasteiger partial charge in [-0.3, -0.25) is 9.36 Å². The lowest BCUT2D eigenvalue weighted by Gasteiger charge is -2.14. The van der Waals surface area contributed by atoms with Gasteiger partial charge in [0.1, 0.15) is 11.5 Å². The summed E-state index contributed by atoms with van der Waals surface area (Å²) in [5.41, 5.74) is -3.79. The molecule has 0 saturated heterocycles. The maximum absolute atomic E-state index is 14.3. The second-order valence-corrected chi connectivity index (χ2v) is 5.92. The monoisotopic (exact) mass is 359 g/mol. The molecule has 0 unspecified atom stereocenters. The molecule has 10 heteroatoms. The van der Waals surface area contributed by atoms with Gasteiger partial charge in [-0.05, 0) is 30.6 Å². The maximum atomic E-state index is 14.3. The van der Waals surface area contributed by atoms with E-state index in [9.17, 15) is 27.2 Å². The van der Waals surface area contributed by atoms with Gasteiger partial charge in [-0.15, -0.1) is 0 Å². The predicted octanol–water partition coefficient (Wildman–Crippen LogP) is 2.61. The number of hydrogen-bond acceptors (Lipinski definition) is 4. The third-order valence-electron chi connectivity index (χ3n) is 3.57. The molecule has 0 radical (unpaired) electrons. The summed E-state index contributed by atoms with van der Waals surface area (Å²) in [7, 11) is 0.870. The van der Waals surface area contributed by atoms with Crippen molar-refractivity contribution >= 4 is 21.6 Å². The van der Waals surface area contributed by atoms with Crippen LogP contribution in [0, 0.1) is 12.7 Å². The first kappa shape index (κ1) is 16.4. The van der Waals surface area contributed by atoms with E-state index < -0.39 is 34.6 Å². The molecule has 2 aromatic heterocycles. The summed E-state index contributed by atoms with van der Waals surface area (Å²) in [6.07, 6.45) is -4.87. The Morgan fingerprint density at radius 1 is 1.17 bits per heavy atom. The fourth-order valence-electron chi connectivity index (χ4n) is 2.36. The molecule has 0 spiro atoms. The lowest BCUT2D eigenvalue weighted by Crippen LogP contribution is -2.41. The van der Waals surface area contributed by atoms with Crippen molar-refractivity contribution < 1.29 is 17.6 Å². The molecule has 0 bridgehead atoms. The van der Waals surface area contributed by atoms with Crippen LogP contribution < -0.4 is 11.2 Å². The Balaban J connectivity index is 2.37. The van der Waals surface area contributed by atoms with Crippen molar-refractivity contribution in [2.45, 2.75) is 13.1 Å². The van der Waals surface area contributed by atoms with Crippen molar-refractivity contribution in [2.75, 3.05) is 0 Å². The van der Waals surface area contributed by atoms with Gasteiger partial charge < -0.3 is 0 Å². The molecule has 3 rings (SSSR count). The van der Waals surface area contributed by atoms with Crippen molar-refractivity contribution in [1.82, 2.24) is 13.5 Å². The molecule has 24 heavy (non-hydrogen) atoms. The van der Waals surface area contributed by atoms with Crippen LogP contribution in [0.3, 0.4) is 0 Å². The summed E-state index contributed by atoms with van der Waals surface area (Å²) in [6.45, 7) is 1.66. The smallest absolute Gasteiger partial charge is 0.292 e. The Morgan fingerprint density at radius 3 is 2.46 bits per heavy atom. The van der Waals surface area contributed by atoms with E-state index >= 15 is 0 Å². The van der Waals surface area contributed by atoms with Crippen LogP contribution in [0.1, 0.15) is 11.4 Å². The number of aryl methyl sites for hydroxylation is 1. The molecule has 0 aliphatic heterocycles. The molecule has 0 aliphatic carbocycles. The first-order chi connectivity index (χ1) is 11.1. The minimum atomic E-state index is -4.87. The zero-order valence-corrected chi connectivity index (χ0v) is 13.1. The van der Waals surface area contributed by atoms with Crippen molar-refractivity contribution in [2.24, 2.45) is 7.05 Å². The number of nitrogens with zero attached hydrogens (tertiary/aromatic N) is 3. The zero-order chi connectivity index (χ0) is 17.8. The summed E-state index contributed by atoms with van der Waals surface area (Å²) in [5, 5.41) is 0.519. The van der Waals surface area contributed by atoms with Gasteiger partial charge in [0, 0.05) is 18.5 Å². The normalized spacial score (nSPS) is 12.1. The number of fused-ring (bicyclic) bond motifs is 1. The van der Waals surface area contributed by atoms with Crippen LogP contribution in [0.5, 0.6) is 0 Å². The Morgan fingerprint density at radius 2 is 1.83 bits per heavy atom. The average molecular weight is 359 g/mol. The number of benzene rings is 1. The average Bonchev–Trinajstić information content (AvgIpc) is 2.83. The fraction of sp³-hybridized carbons (Fsp3) is 0.214. The highest BCUT2D eigenvalue weighted by molar-refractivity contribution is 7.13. The van der Waals surface area contributed by atoms with E-state index in [-0.39, 0.29) is 10.6 Å². The van der Waals surface area contributed by atoms with Crippen molar-refractivity contribution in [1.29, 1.82) is 0 Å². The molecule has 126 valence electrons. The zero-order valence-electron chi connectivity index (χ0n) is 12.3. The SMILES string of the molecule is Cc1nsc2cc(F)c(-n3c(=O)cc(C(F)(F)F)n(C)c3=O)cc12. The standard InChI is InChI=1S/C14H9F4N3O2S/c1-6-7-3-9(8(15)4-10(7)24-19-6)21-12(22)5-11(14(16,17)18)20(2)13(21)23/h3-5H,1-2H3. The molecule has 0 amide bonds. The lowest BCUT2D eigenvalue weighted by atomic mass is 10.2. The molecule has 1 aromatic carbocycles.